The maximum Gasteiger partial charge on any atom is 0.183 e. The molecule has 2 rings (SSSR count). The van der Waals surface area contributed by atoms with E-state index in [1.807, 2.05) is 0 Å². The van der Waals surface area contributed by atoms with Gasteiger partial charge in [-0.3, -0.25) is 9.79 Å². The molecule has 1 aliphatic rings. The molecule has 0 bridgehead atoms. The molecule has 0 radical (unpaired) electrons. The van der Waals surface area contributed by atoms with Crippen LogP contribution in [-0.4, -0.2) is 23.2 Å². The zero-order valence-electron chi connectivity index (χ0n) is 11.1. The third-order valence-corrected chi connectivity index (χ3v) is 3.10. The van der Waals surface area contributed by atoms with Gasteiger partial charge in [0.1, 0.15) is 5.76 Å². The summed E-state index contributed by atoms with van der Waals surface area (Å²) in [6, 6.07) is 6.95. The van der Waals surface area contributed by atoms with E-state index in [0.29, 0.717) is 34.0 Å². The lowest BCUT2D eigenvalue weighted by Gasteiger charge is -2.22. The van der Waals surface area contributed by atoms with Crippen LogP contribution in [0.5, 0.6) is 0 Å². The fraction of sp³-hybridized carbons (Fsp3) is 0.200. The summed E-state index contributed by atoms with van der Waals surface area (Å²) in [5.41, 5.74) is 1.58. The van der Waals surface area contributed by atoms with Gasteiger partial charge >= 0.3 is 0 Å². The van der Waals surface area contributed by atoms with Crippen LogP contribution in [0.1, 0.15) is 13.8 Å². The van der Waals surface area contributed by atoms with Gasteiger partial charge in [0, 0.05) is 16.8 Å². The molecule has 0 fully saturated rings. The van der Waals surface area contributed by atoms with Crippen molar-refractivity contribution >= 4 is 29.3 Å². The largest absolute Gasteiger partial charge is 0.507 e. The van der Waals surface area contributed by atoms with E-state index in [0.717, 1.165) is 0 Å². The SMILES string of the molecule is CC1=CC(O)=C(C(C)=Nc2ccc(Cl)cc2)C(C=O)O1. The van der Waals surface area contributed by atoms with Crippen LogP contribution in [0, 0.1) is 0 Å². The molecule has 0 saturated heterocycles. The van der Waals surface area contributed by atoms with Crippen molar-refractivity contribution in [1.29, 1.82) is 0 Å². The van der Waals surface area contributed by atoms with Crippen molar-refractivity contribution in [2.45, 2.75) is 20.0 Å². The number of aliphatic hydroxyl groups is 1. The van der Waals surface area contributed by atoms with Gasteiger partial charge < -0.3 is 9.84 Å². The first-order valence-corrected chi connectivity index (χ1v) is 6.43. The molecule has 0 aromatic heterocycles. The Bertz CT molecular complexity index is 615. The molecule has 0 saturated carbocycles. The molecule has 1 aromatic rings. The maximum absolute atomic E-state index is 11.1. The summed E-state index contributed by atoms with van der Waals surface area (Å²) in [6.45, 7) is 3.39. The van der Waals surface area contributed by atoms with Crippen molar-refractivity contribution < 1.29 is 14.6 Å². The first-order valence-electron chi connectivity index (χ1n) is 6.06. The lowest BCUT2D eigenvalue weighted by atomic mass is 10.0. The van der Waals surface area contributed by atoms with Gasteiger partial charge in [-0.1, -0.05) is 11.6 Å². The summed E-state index contributed by atoms with van der Waals surface area (Å²) in [4.78, 5) is 15.5. The molecule has 0 amide bonds. The predicted molar refractivity (Wildman–Crippen MR) is 78.6 cm³/mol. The molecule has 1 aliphatic heterocycles. The Morgan fingerprint density at radius 2 is 2.05 bits per heavy atom. The normalized spacial score (nSPS) is 19.4. The Morgan fingerprint density at radius 1 is 1.40 bits per heavy atom. The third-order valence-electron chi connectivity index (χ3n) is 2.85. The number of aliphatic imine (C=N–C) groups is 1. The Balaban J connectivity index is 2.39. The predicted octanol–water partition coefficient (Wildman–Crippen LogP) is 3.75. The van der Waals surface area contributed by atoms with E-state index in [-0.39, 0.29) is 5.76 Å². The van der Waals surface area contributed by atoms with Gasteiger partial charge in [0.05, 0.1) is 17.0 Å². The number of rotatable bonds is 3. The first-order chi connectivity index (χ1) is 9.51. The molecule has 0 spiro atoms. The van der Waals surface area contributed by atoms with Crippen LogP contribution in [0.4, 0.5) is 5.69 Å². The monoisotopic (exact) mass is 291 g/mol. The minimum absolute atomic E-state index is 0.000985. The number of hydrogen-bond donors (Lipinski definition) is 1. The lowest BCUT2D eigenvalue weighted by Crippen LogP contribution is -2.25. The number of aldehydes is 1. The Labute approximate surface area is 122 Å². The number of aliphatic hydroxyl groups excluding tert-OH is 1. The molecular weight excluding hydrogens is 278 g/mol. The third kappa shape index (κ3) is 3.08. The second-order valence-corrected chi connectivity index (χ2v) is 4.84. The number of nitrogens with zero attached hydrogens (tertiary/aromatic N) is 1. The van der Waals surface area contributed by atoms with Crippen molar-refractivity contribution in [1.82, 2.24) is 0 Å². The van der Waals surface area contributed by atoms with Gasteiger partial charge in [0.25, 0.3) is 0 Å². The average molecular weight is 292 g/mol. The van der Waals surface area contributed by atoms with Gasteiger partial charge in [-0.15, -0.1) is 0 Å². The van der Waals surface area contributed by atoms with Crippen LogP contribution in [0.25, 0.3) is 0 Å². The Morgan fingerprint density at radius 3 is 2.65 bits per heavy atom. The zero-order valence-corrected chi connectivity index (χ0v) is 11.9. The first kappa shape index (κ1) is 14.3. The molecule has 0 aliphatic carbocycles. The molecule has 1 unspecified atom stereocenters. The van der Waals surface area contributed by atoms with E-state index in [9.17, 15) is 9.90 Å². The summed E-state index contributed by atoms with van der Waals surface area (Å²) in [7, 11) is 0. The summed E-state index contributed by atoms with van der Waals surface area (Å²) < 4.78 is 5.37. The van der Waals surface area contributed by atoms with Crippen LogP contribution < -0.4 is 0 Å². The van der Waals surface area contributed by atoms with Crippen molar-refractivity contribution in [3.8, 4) is 0 Å². The van der Waals surface area contributed by atoms with Crippen molar-refractivity contribution in [3.63, 3.8) is 0 Å². The van der Waals surface area contributed by atoms with Crippen LogP contribution in [0.3, 0.4) is 0 Å². The number of allylic oxidation sites excluding steroid dienone is 2. The highest BCUT2D eigenvalue weighted by atomic mass is 35.5. The van der Waals surface area contributed by atoms with E-state index in [1.54, 1.807) is 38.1 Å². The van der Waals surface area contributed by atoms with Crippen molar-refractivity contribution in [2.75, 3.05) is 0 Å². The van der Waals surface area contributed by atoms with Crippen LogP contribution in [0.15, 0.2) is 52.4 Å². The average Bonchev–Trinajstić information content (AvgIpc) is 2.40. The number of ether oxygens (including phenoxy) is 1. The van der Waals surface area contributed by atoms with Gasteiger partial charge in [-0.2, -0.15) is 0 Å². The van der Waals surface area contributed by atoms with Crippen LogP contribution in [0.2, 0.25) is 5.02 Å². The van der Waals surface area contributed by atoms with E-state index in [4.69, 9.17) is 16.3 Å². The van der Waals surface area contributed by atoms with E-state index in [2.05, 4.69) is 4.99 Å². The van der Waals surface area contributed by atoms with Crippen LogP contribution >= 0.6 is 11.6 Å². The number of halogens is 1. The molecule has 1 heterocycles. The second-order valence-electron chi connectivity index (χ2n) is 4.40. The quantitative estimate of drug-likeness (QED) is 0.681. The molecule has 104 valence electrons. The summed E-state index contributed by atoms with van der Waals surface area (Å²) in [5.74, 6) is 0.490. The molecule has 1 aromatic carbocycles. The van der Waals surface area contributed by atoms with Gasteiger partial charge in [0.2, 0.25) is 0 Å². The number of benzene rings is 1. The zero-order chi connectivity index (χ0) is 14.7. The van der Waals surface area contributed by atoms with Gasteiger partial charge in [0.15, 0.2) is 12.4 Å². The minimum atomic E-state index is -0.837. The highest BCUT2D eigenvalue weighted by Gasteiger charge is 2.25. The highest BCUT2D eigenvalue weighted by molar-refractivity contribution is 6.30. The summed E-state index contributed by atoms with van der Waals surface area (Å²) in [6.07, 6.45) is 1.27. The highest BCUT2D eigenvalue weighted by Crippen LogP contribution is 2.24. The minimum Gasteiger partial charge on any atom is -0.507 e. The molecule has 20 heavy (non-hydrogen) atoms. The van der Waals surface area contributed by atoms with E-state index in [1.165, 1.54) is 6.08 Å². The van der Waals surface area contributed by atoms with Gasteiger partial charge in [-0.25, -0.2) is 0 Å². The van der Waals surface area contributed by atoms with Gasteiger partial charge in [-0.05, 0) is 38.1 Å². The number of carbonyl (C=O) groups is 1. The maximum atomic E-state index is 11.1. The number of hydrogen-bond acceptors (Lipinski definition) is 4. The standard InChI is InChI=1S/C15H14ClNO3/c1-9-7-13(19)15(14(8-18)20-9)10(2)17-12-5-3-11(16)4-6-12/h3-8,14,19H,1-2H3. The topological polar surface area (TPSA) is 58.9 Å². The molecule has 1 atom stereocenters. The fourth-order valence-electron chi connectivity index (χ4n) is 1.97. The molecule has 5 heteroatoms. The number of carbonyl (C=O) groups excluding carboxylic acids is 1. The summed E-state index contributed by atoms with van der Waals surface area (Å²) >= 11 is 5.81. The Kier molecular flexibility index (Phi) is 4.25. The second kappa shape index (κ2) is 5.92. The fourth-order valence-corrected chi connectivity index (χ4v) is 2.09. The van der Waals surface area contributed by atoms with Crippen molar-refractivity contribution in [2.24, 2.45) is 4.99 Å². The van der Waals surface area contributed by atoms with E-state index < -0.39 is 6.10 Å². The summed E-state index contributed by atoms with van der Waals surface area (Å²) in [5, 5.41) is 10.6. The molecule has 4 nitrogen and oxygen atoms in total. The lowest BCUT2D eigenvalue weighted by molar-refractivity contribution is -0.114. The Hall–Kier alpha value is -2.07. The molecular formula is C15H14ClNO3. The van der Waals surface area contributed by atoms with E-state index >= 15 is 0 Å². The smallest absolute Gasteiger partial charge is 0.183 e. The van der Waals surface area contributed by atoms with Crippen LogP contribution in [-0.2, 0) is 9.53 Å². The van der Waals surface area contributed by atoms with Crippen molar-refractivity contribution in [3.05, 3.63) is 52.5 Å². The molecule has 1 N–H and O–H groups in total.